The minimum Gasteiger partial charge on any atom is -1.00 e. The van der Waals surface area contributed by atoms with E-state index in [1.54, 1.807) is 0 Å². The monoisotopic (exact) mass is 327 g/mol. The van der Waals surface area contributed by atoms with E-state index < -0.39 is 0 Å². The van der Waals surface area contributed by atoms with Gasteiger partial charge in [-0.15, -0.1) is 0 Å². The van der Waals surface area contributed by atoms with Crippen molar-refractivity contribution in [2.45, 2.75) is 38.5 Å². The molecule has 0 fully saturated rings. The molecule has 0 aromatic heterocycles. The fraction of sp³-hybridized carbons (Fsp3) is 1.00. The smallest absolute Gasteiger partial charge is 0.102 e. The summed E-state index contributed by atoms with van der Waals surface area (Å²) in [5.74, 6) is 0. The molecule has 4 nitrogen and oxygen atoms in total. The van der Waals surface area contributed by atoms with E-state index >= 15 is 0 Å². The maximum atomic E-state index is 9.11. The Kier molecular flexibility index (Phi) is 15.8. The van der Waals surface area contributed by atoms with Gasteiger partial charge >= 0.3 is 0 Å². The number of rotatable bonds is 12. The van der Waals surface area contributed by atoms with Gasteiger partial charge in [-0.1, -0.05) is 0 Å². The predicted octanol–water partition coefficient (Wildman–Crippen LogP) is -2.25. The van der Waals surface area contributed by atoms with E-state index in [2.05, 4.69) is 7.05 Å². The summed E-state index contributed by atoms with van der Waals surface area (Å²) in [4.78, 5) is 0. The van der Waals surface area contributed by atoms with E-state index in [0.717, 1.165) is 62.6 Å². The van der Waals surface area contributed by atoms with Crippen LogP contribution in [0.5, 0.6) is 0 Å². The lowest BCUT2D eigenvalue weighted by Crippen LogP contribution is -3.00. The number of unbranched alkanes of at least 4 members (excludes halogenated alkanes) is 4. The molecular formula is C13H30BrNO3. The molecule has 3 N–H and O–H groups in total. The van der Waals surface area contributed by atoms with E-state index in [1.807, 2.05) is 0 Å². The Morgan fingerprint density at radius 3 is 1.39 bits per heavy atom. The number of hydrogen-bond acceptors (Lipinski definition) is 3. The second-order valence-electron chi connectivity index (χ2n) is 5.08. The van der Waals surface area contributed by atoms with E-state index in [4.69, 9.17) is 15.3 Å². The molecule has 0 rings (SSSR count). The highest BCUT2D eigenvalue weighted by Gasteiger charge is 2.19. The second kappa shape index (κ2) is 13.7. The number of likely N-dealkylation sites (N-methyl/N-ethyl adjacent to an activating group) is 1. The predicted molar refractivity (Wildman–Crippen MR) is 69.7 cm³/mol. The summed E-state index contributed by atoms with van der Waals surface area (Å²) < 4.78 is 0.910. The average Bonchev–Trinajstić information content (AvgIpc) is 2.31. The van der Waals surface area contributed by atoms with Gasteiger partial charge in [0.05, 0.1) is 26.7 Å². The highest BCUT2D eigenvalue weighted by molar-refractivity contribution is 4.46. The van der Waals surface area contributed by atoms with E-state index in [0.29, 0.717) is 0 Å². The van der Waals surface area contributed by atoms with Crippen LogP contribution < -0.4 is 17.0 Å². The van der Waals surface area contributed by atoms with Crippen molar-refractivity contribution in [1.29, 1.82) is 0 Å². The standard InChI is InChI=1S/C13H30NO3.BrH/c1-14(10-13-17,8-4-2-6-11-15)9-5-3-7-12-16;/h15-17H,2-13H2,1H3;1H/q+1;/p-1. The zero-order chi connectivity index (χ0) is 13.0. The quantitative estimate of drug-likeness (QED) is 0.280. The third-order valence-corrected chi connectivity index (χ3v) is 3.35. The molecule has 0 bridgehead atoms. The SMILES string of the molecule is C[N+](CCO)(CCCCCO)CCCCCO.[Br-]. The Bertz CT molecular complexity index is 158. The molecule has 112 valence electrons. The number of hydrogen-bond donors (Lipinski definition) is 3. The Hall–Kier alpha value is 0.320. The van der Waals surface area contributed by atoms with Crippen LogP contribution in [0.2, 0.25) is 0 Å². The number of nitrogens with zero attached hydrogens (tertiary/aromatic N) is 1. The largest absolute Gasteiger partial charge is 1.00 e. The van der Waals surface area contributed by atoms with Gasteiger partial charge in [0, 0.05) is 13.2 Å². The van der Waals surface area contributed by atoms with Crippen molar-refractivity contribution in [3.63, 3.8) is 0 Å². The number of halogens is 1. The molecule has 0 aromatic rings. The van der Waals surface area contributed by atoms with Crippen molar-refractivity contribution in [1.82, 2.24) is 0 Å². The maximum Gasteiger partial charge on any atom is 0.102 e. The van der Waals surface area contributed by atoms with Crippen molar-refractivity contribution in [2.24, 2.45) is 0 Å². The zero-order valence-corrected chi connectivity index (χ0v) is 13.2. The van der Waals surface area contributed by atoms with Crippen LogP contribution in [-0.4, -0.2) is 66.3 Å². The first-order valence-electron chi connectivity index (χ1n) is 6.84. The molecule has 0 heterocycles. The van der Waals surface area contributed by atoms with Gasteiger partial charge in [-0.3, -0.25) is 0 Å². The molecule has 0 amide bonds. The fourth-order valence-electron chi connectivity index (χ4n) is 2.14. The maximum absolute atomic E-state index is 9.11. The molecule has 0 saturated heterocycles. The summed E-state index contributed by atoms with van der Waals surface area (Å²) in [6.07, 6.45) is 6.10. The van der Waals surface area contributed by atoms with Crippen LogP contribution in [0.15, 0.2) is 0 Å². The molecule has 0 saturated carbocycles. The number of quaternary nitrogens is 1. The molecule has 0 radical (unpaired) electrons. The summed E-state index contributed by atoms with van der Waals surface area (Å²) >= 11 is 0. The summed E-state index contributed by atoms with van der Waals surface area (Å²) in [6.45, 7) is 3.73. The lowest BCUT2D eigenvalue weighted by atomic mass is 10.2. The van der Waals surface area contributed by atoms with Crippen molar-refractivity contribution in [3.05, 3.63) is 0 Å². The molecular weight excluding hydrogens is 298 g/mol. The molecule has 0 aliphatic carbocycles. The van der Waals surface area contributed by atoms with Crippen molar-refractivity contribution < 1.29 is 36.8 Å². The first-order valence-corrected chi connectivity index (χ1v) is 6.84. The third-order valence-electron chi connectivity index (χ3n) is 3.35. The Labute approximate surface area is 122 Å². The van der Waals surface area contributed by atoms with Crippen LogP contribution in [0.4, 0.5) is 0 Å². The minimum absolute atomic E-state index is 0. The molecule has 18 heavy (non-hydrogen) atoms. The summed E-state index contributed by atoms with van der Waals surface area (Å²) in [5.41, 5.74) is 0. The molecule has 0 unspecified atom stereocenters. The average molecular weight is 328 g/mol. The first kappa shape index (κ1) is 20.6. The van der Waals surface area contributed by atoms with Crippen LogP contribution in [0, 0.1) is 0 Å². The van der Waals surface area contributed by atoms with Gasteiger partial charge in [0.25, 0.3) is 0 Å². The van der Waals surface area contributed by atoms with E-state index in [1.165, 1.54) is 0 Å². The second-order valence-corrected chi connectivity index (χ2v) is 5.08. The van der Waals surface area contributed by atoms with Gasteiger partial charge in [-0.25, -0.2) is 0 Å². The number of aliphatic hydroxyl groups is 3. The summed E-state index contributed by atoms with van der Waals surface area (Å²) in [7, 11) is 2.19. The minimum atomic E-state index is 0. The van der Waals surface area contributed by atoms with Crippen LogP contribution in [-0.2, 0) is 0 Å². The Balaban J connectivity index is 0. The van der Waals surface area contributed by atoms with Gasteiger partial charge < -0.3 is 36.8 Å². The lowest BCUT2D eigenvalue weighted by Gasteiger charge is -2.34. The molecule has 0 atom stereocenters. The molecule has 0 aliphatic heterocycles. The molecule has 0 aliphatic rings. The van der Waals surface area contributed by atoms with Gasteiger partial charge in [-0.2, -0.15) is 0 Å². The van der Waals surface area contributed by atoms with Crippen LogP contribution in [0.3, 0.4) is 0 Å². The highest BCUT2D eigenvalue weighted by Crippen LogP contribution is 2.10. The molecule has 0 aromatic carbocycles. The highest BCUT2D eigenvalue weighted by atomic mass is 79.9. The van der Waals surface area contributed by atoms with Crippen molar-refractivity contribution >= 4 is 0 Å². The Morgan fingerprint density at radius 1 is 0.611 bits per heavy atom. The van der Waals surface area contributed by atoms with Gasteiger partial charge in [0.15, 0.2) is 0 Å². The summed E-state index contributed by atoms with van der Waals surface area (Å²) in [6, 6.07) is 0. The fourth-order valence-corrected chi connectivity index (χ4v) is 2.14. The molecule has 0 spiro atoms. The van der Waals surface area contributed by atoms with Crippen LogP contribution in [0.25, 0.3) is 0 Å². The van der Waals surface area contributed by atoms with Gasteiger partial charge in [0.1, 0.15) is 6.54 Å². The van der Waals surface area contributed by atoms with Crippen LogP contribution >= 0.6 is 0 Å². The van der Waals surface area contributed by atoms with Crippen molar-refractivity contribution in [3.8, 4) is 0 Å². The van der Waals surface area contributed by atoms with Gasteiger partial charge in [0.2, 0.25) is 0 Å². The van der Waals surface area contributed by atoms with E-state index in [-0.39, 0.29) is 36.8 Å². The Morgan fingerprint density at radius 2 is 1.06 bits per heavy atom. The third kappa shape index (κ3) is 11.4. The van der Waals surface area contributed by atoms with Gasteiger partial charge in [-0.05, 0) is 38.5 Å². The topological polar surface area (TPSA) is 60.7 Å². The zero-order valence-electron chi connectivity index (χ0n) is 11.7. The normalized spacial score (nSPS) is 11.3. The van der Waals surface area contributed by atoms with Crippen molar-refractivity contribution in [2.75, 3.05) is 46.5 Å². The van der Waals surface area contributed by atoms with E-state index in [9.17, 15) is 0 Å². The summed E-state index contributed by atoms with van der Waals surface area (Å²) in [5, 5.41) is 26.6. The first-order chi connectivity index (χ1) is 8.18. The van der Waals surface area contributed by atoms with Crippen LogP contribution in [0.1, 0.15) is 38.5 Å². The lowest BCUT2D eigenvalue weighted by molar-refractivity contribution is -0.910. The molecule has 5 heteroatoms. The number of aliphatic hydroxyl groups excluding tert-OH is 3.